The highest BCUT2D eigenvalue weighted by atomic mass is 35.5. The Labute approximate surface area is 254 Å². The van der Waals surface area contributed by atoms with Crippen molar-refractivity contribution in [2.24, 2.45) is 0 Å². The average Bonchev–Trinajstić information content (AvgIpc) is 3.37. The number of aliphatic hydroxyl groups is 1. The van der Waals surface area contributed by atoms with Crippen LogP contribution in [0.5, 0.6) is 0 Å². The highest BCUT2D eigenvalue weighted by Crippen LogP contribution is 2.39. The van der Waals surface area contributed by atoms with Crippen molar-refractivity contribution < 1.29 is 14.3 Å². The SMILES string of the molecule is O=C(Nc1ccc(CCNc2ncnc3oc(-c4ccccc4)c(Cl)c23)cc1)Nc1cccc(CN2CCC(O)CC2)c1. The van der Waals surface area contributed by atoms with Crippen LogP contribution >= 0.6 is 11.6 Å². The number of fused-ring (bicyclic) bond motifs is 1. The molecule has 0 unspecified atom stereocenters. The van der Waals surface area contributed by atoms with Crippen molar-refractivity contribution in [2.45, 2.75) is 31.9 Å². The van der Waals surface area contributed by atoms with Crippen LogP contribution in [0, 0.1) is 0 Å². The van der Waals surface area contributed by atoms with Gasteiger partial charge >= 0.3 is 6.03 Å². The van der Waals surface area contributed by atoms with Crippen LogP contribution in [0.2, 0.25) is 5.02 Å². The lowest BCUT2D eigenvalue weighted by molar-refractivity contribution is 0.0792. The summed E-state index contributed by atoms with van der Waals surface area (Å²) in [6.45, 7) is 3.18. The van der Waals surface area contributed by atoms with E-state index in [0.717, 1.165) is 61.3 Å². The smallest absolute Gasteiger partial charge is 0.323 e. The largest absolute Gasteiger partial charge is 0.436 e. The second-order valence-electron chi connectivity index (χ2n) is 10.7. The molecule has 0 bridgehead atoms. The van der Waals surface area contributed by atoms with Crippen molar-refractivity contribution in [3.63, 3.8) is 0 Å². The Morgan fingerprint density at radius 3 is 2.49 bits per heavy atom. The Balaban J connectivity index is 1.01. The fourth-order valence-electron chi connectivity index (χ4n) is 5.27. The van der Waals surface area contributed by atoms with E-state index in [1.54, 1.807) is 0 Å². The molecule has 10 heteroatoms. The van der Waals surface area contributed by atoms with Crippen LogP contribution in [0.4, 0.5) is 22.0 Å². The third kappa shape index (κ3) is 7.14. The lowest BCUT2D eigenvalue weighted by atomic mass is 10.1. The van der Waals surface area contributed by atoms with Crippen molar-refractivity contribution in [3.05, 3.63) is 101 Å². The van der Waals surface area contributed by atoms with Crippen LogP contribution < -0.4 is 16.0 Å². The number of halogens is 1. The number of carbonyl (C=O) groups is 1. The van der Waals surface area contributed by atoms with Gasteiger partial charge in [0.15, 0.2) is 5.76 Å². The zero-order valence-electron chi connectivity index (χ0n) is 23.6. The number of urea groups is 1. The number of likely N-dealkylation sites (tertiary alicyclic amines) is 1. The van der Waals surface area contributed by atoms with Gasteiger partial charge in [-0.3, -0.25) is 4.90 Å². The molecule has 6 rings (SSSR count). The summed E-state index contributed by atoms with van der Waals surface area (Å²) in [5.74, 6) is 1.19. The molecule has 220 valence electrons. The van der Waals surface area contributed by atoms with Gasteiger partial charge in [0.25, 0.3) is 0 Å². The zero-order valence-corrected chi connectivity index (χ0v) is 24.3. The van der Waals surface area contributed by atoms with E-state index in [1.165, 1.54) is 6.33 Å². The summed E-state index contributed by atoms with van der Waals surface area (Å²) in [4.78, 5) is 23.6. The van der Waals surface area contributed by atoms with Crippen LogP contribution in [-0.2, 0) is 13.0 Å². The standard InChI is InChI=1S/C33H33ClN6O3/c34-29-28-31(36-21-37-32(28)43-30(29)24-6-2-1-3-7-24)35-16-13-22-9-11-25(12-10-22)38-33(42)39-26-8-4-5-23(19-26)20-40-17-14-27(41)15-18-40/h1-12,19,21,27,41H,13-18,20H2,(H,35,36,37)(H2,38,39,42). The summed E-state index contributed by atoms with van der Waals surface area (Å²) >= 11 is 6.69. The molecule has 9 nitrogen and oxygen atoms in total. The first kappa shape index (κ1) is 28.7. The van der Waals surface area contributed by atoms with Gasteiger partial charge in [0, 0.05) is 43.1 Å². The topological polar surface area (TPSA) is 116 Å². The lowest BCUT2D eigenvalue weighted by Crippen LogP contribution is -2.35. The number of amides is 2. The van der Waals surface area contributed by atoms with E-state index in [4.69, 9.17) is 16.0 Å². The average molecular weight is 597 g/mol. The summed E-state index contributed by atoms with van der Waals surface area (Å²) in [5, 5.41) is 20.1. The minimum absolute atomic E-state index is 0.189. The number of furan rings is 1. The molecule has 0 atom stereocenters. The van der Waals surface area contributed by atoms with Gasteiger partial charge in [-0.15, -0.1) is 0 Å². The molecule has 1 saturated heterocycles. The number of anilines is 3. The molecule has 3 aromatic carbocycles. The summed E-state index contributed by atoms with van der Waals surface area (Å²) in [5.41, 5.74) is 4.98. The molecule has 2 amide bonds. The van der Waals surface area contributed by atoms with Crippen molar-refractivity contribution in [1.82, 2.24) is 14.9 Å². The van der Waals surface area contributed by atoms with Crippen LogP contribution in [0.1, 0.15) is 24.0 Å². The monoisotopic (exact) mass is 596 g/mol. The van der Waals surface area contributed by atoms with Crippen molar-refractivity contribution in [3.8, 4) is 11.3 Å². The van der Waals surface area contributed by atoms with Gasteiger partial charge < -0.3 is 25.5 Å². The van der Waals surface area contributed by atoms with E-state index in [1.807, 2.05) is 72.8 Å². The molecular formula is C33H33ClN6O3. The third-order valence-corrected chi connectivity index (χ3v) is 7.89. The number of nitrogens with one attached hydrogen (secondary N) is 3. The van der Waals surface area contributed by atoms with Crippen molar-refractivity contribution in [1.29, 1.82) is 0 Å². The molecule has 1 aliphatic heterocycles. The summed E-state index contributed by atoms with van der Waals surface area (Å²) in [6, 6.07) is 25.0. The summed E-state index contributed by atoms with van der Waals surface area (Å²) < 4.78 is 5.94. The fraction of sp³-hybridized carbons (Fsp3) is 0.242. The van der Waals surface area contributed by atoms with Gasteiger partial charge in [-0.05, 0) is 54.7 Å². The Morgan fingerprint density at radius 1 is 0.930 bits per heavy atom. The number of hydrogen-bond donors (Lipinski definition) is 4. The van der Waals surface area contributed by atoms with Crippen LogP contribution in [0.3, 0.4) is 0 Å². The Kier molecular flexibility index (Phi) is 8.83. The number of nitrogens with zero attached hydrogens (tertiary/aromatic N) is 3. The first-order chi connectivity index (χ1) is 21.0. The number of piperidine rings is 1. The van der Waals surface area contributed by atoms with E-state index in [9.17, 15) is 9.90 Å². The van der Waals surface area contributed by atoms with E-state index in [0.29, 0.717) is 39.9 Å². The molecule has 1 aliphatic rings. The van der Waals surface area contributed by atoms with Gasteiger partial charge in [-0.1, -0.05) is 66.2 Å². The van der Waals surface area contributed by atoms with Gasteiger partial charge in [-0.2, -0.15) is 0 Å². The molecule has 0 saturated carbocycles. The molecule has 2 aromatic heterocycles. The second kappa shape index (κ2) is 13.2. The van der Waals surface area contributed by atoms with Crippen LogP contribution in [0.15, 0.2) is 89.6 Å². The quantitative estimate of drug-likeness (QED) is 0.148. The highest BCUT2D eigenvalue weighted by molar-refractivity contribution is 6.38. The fourth-order valence-corrected chi connectivity index (χ4v) is 5.58. The lowest BCUT2D eigenvalue weighted by Gasteiger charge is -2.29. The van der Waals surface area contributed by atoms with E-state index in [-0.39, 0.29) is 12.1 Å². The predicted molar refractivity (Wildman–Crippen MR) is 170 cm³/mol. The van der Waals surface area contributed by atoms with Gasteiger partial charge in [0.05, 0.1) is 6.10 Å². The minimum Gasteiger partial charge on any atom is -0.436 e. The third-order valence-electron chi connectivity index (χ3n) is 7.53. The molecule has 0 spiro atoms. The number of rotatable bonds is 9. The minimum atomic E-state index is -0.299. The van der Waals surface area contributed by atoms with Crippen molar-refractivity contribution >= 4 is 45.9 Å². The number of hydrogen-bond acceptors (Lipinski definition) is 7. The number of benzene rings is 3. The Bertz CT molecular complexity index is 1680. The van der Waals surface area contributed by atoms with Crippen molar-refractivity contribution in [2.75, 3.05) is 35.6 Å². The molecule has 43 heavy (non-hydrogen) atoms. The van der Waals surface area contributed by atoms with Gasteiger partial charge in [0.2, 0.25) is 5.71 Å². The molecule has 1 fully saturated rings. The van der Waals surface area contributed by atoms with Gasteiger partial charge in [-0.25, -0.2) is 14.8 Å². The predicted octanol–water partition coefficient (Wildman–Crippen LogP) is 6.80. The number of aromatic nitrogens is 2. The number of aliphatic hydroxyl groups excluding tert-OH is 1. The maximum Gasteiger partial charge on any atom is 0.323 e. The summed E-state index contributed by atoms with van der Waals surface area (Å²) in [7, 11) is 0. The maximum absolute atomic E-state index is 12.7. The van der Waals surface area contributed by atoms with E-state index >= 15 is 0 Å². The summed E-state index contributed by atoms with van der Waals surface area (Å²) in [6.07, 6.45) is 3.61. The molecule has 3 heterocycles. The first-order valence-electron chi connectivity index (χ1n) is 14.4. The Morgan fingerprint density at radius 2 is 1.70 bits per heavy atom. The molecule has 4 N–H and O–H groups in total. The van der Waals surface area contributed by atoms with Crippen LogP contribution in [-0.4, -0.2) is 51.7 Å². The van der Waals surface area contributed by atoms with E-state index in [2.05, 4.69) is 36.9 Å². The number of carbonyl (C=O) groups excluding carboxylic acids is 1. The van der Waals surface area contributed by atoms with Gasteiger partial charge in [0.1, 0.15) is 22.6 Å². The normalized spacial score (nSPS) is 14.1. The van der Waals surface area contributed by atoms with E-state index < -0.39 is 0 Å². The molecule has 0 radical (unpaired) electrons. The zero-order chi connectivity index (χ0) is 29.6. The first-order valence-corrected chi connectivity index (χ1v) is 14.8. The van der Waals surface area contributed by atoms with Crippen LogP contribution in [0.25, 0.3) is 22.4 Å². The maximum atomic E-state index is 12.7. The highest BCUT2D eigenvalue weighted by Gasteiger charge is 2.19. The molecule has 5 aromatic rings. The molecular weight excluding hydrogens is 564 g/mol. The Hall–Kier alpha value is -4.44. The second-order valence-corrected chi connectivity index (χ2v) is 11.1. The molecule has 0 aliphatic carbocycles.